The first kappa shape index (κ1) is 13.4. The Morgan fingerprint density at radius 2 is 2.00 bits per heavy atom. The van der Waals surface area contributed by atoms with Gasteiger partial charge in [0.15, 0.2) is 0 Å². The summed E-state index contributed by atoms with van der Waals surface area (Å²) in [6.45, 7) is 1.43. The molecule has 0 heterocycles. The highest BCUT2D eigenvalue weighted by Gasteiger charge is 2.10. The lowest BCUT2D eigenvalue weighted by Gasteiger charge is -2.20. The van der Waals surface area contributed by atoms with Gasteiger partial charge in [-0.3, -0.25) is 0 Å². The van der Waals surface area contributed by atoms with Crippen LogP contribution in [0.3, 0.4) is 0 Å². The molecule has 2 amide bonds. The van der Waals surface area contributed by atoms with Crippen molar-refractivity contribution in [3.8, 4) is 0 Å². The van der Waals surface area contributed by atoms with Crippen LogP contribution in [0.15, 0.2) is 24.3 Å². The van der Waals surface area contributed by atoms with Crippen LogP contribution in [0.25, 0.3) is 0 Å². The number of urea groups is 1. The summed E-state index contributed by atoms with van der Waals surface area (Å²) >= 11 is 0. The molecule has 17 heavy (non-hydrogen) atoms. The van der Waals surface area contributed by atoms with Crippen molar-refractivity contribution in [1.82, 2.24) is 4.90 Å². The summed E-state index contributed by atoms with van der Waals surface area (Å²) in [6, 6.07) is 6.03. The molecule has 0 aliphatic rings. The number of benzene rings is 1. The molecule has 0 atom stereocenters. The monoisotopic (exact) mass is 239 g/mol. The topological polar surface area (TPSA) is 72.3 Å². The van der Waals surface area contributed by atoms with Gasteiger partial charge in [0.05, 0.1) is 0 Å². The van der Waals surface area contributed by atoms with Crippen LogP contribution < -0.4 is 11.5 Å². The fourth-order valence-electron chi connectivity index (χ4n) is 1.57. The molecule has 0 saturated heterocycles. The zero-order valence-corrected chi connectivity index (χ0v) is 9.73. The third-order valence-electron chi connectivity index (χ3n) is 2.55. The Morgan fingerprint density at radius 3 is 2.59 bits per heavy atom. The largest absolute Gasteiger partial charge is 0.351 e. The van der Waals surface area contributed by atoms with E-state index in [0.29, 0.717) is 38.0 Å². The maximum absolute atomic E-state index is 13.3. The SMILES string of the molecule is NCCCN(CCc1ccccc1F)C(N)=O. The third kappa shape index (κ3) is 4.40. The van der Waals surface area contributed by atoms with E-state index in [-0.39, 0.29) is 5.82 Å². The molecule has 5 heteroatoms. The number of hydrogen-bond acceptors (Lipinski definition) is 2. The molecule has 0 bridgehead atoms. The van der Waals surface area contributed by atoms with E-state index >= 15 is 0 Å². The molecule has 0 radical (unpaired) electrons. The van der Waals surface area contributed by atoms with Crippen LogP contribution in [0.1, 0.15) is 12.0 Å². The van der Waals surface area contributed by atoms with Crippen LogP contribution in [0.4, 0.5) is 9.18 Å². The van der Waals surface area contributed by atoms with Gasteiger partial charge >= 0.3 is 6.03 Å². The van der Waals surface area contributed by atoms with Crippen molar-refractivity contribution in [2.75, 3.05) is 19.6 Å². The van der Waals surface area contributed by atoms with E-state index in [1.54, 1.807) is 18.2 Å². The van der Waals surface area contributed by atoms with Crippen molar-refractivity contribution in [1.29, 1.82) is 0 Å². The van der Waals surface area contributed by atoms with Gasteiger partial charge in [0, 0.05) is 13.1 Å². The maximum atomic E-state index is 13.3. The predicted molar refractivity (Wildman–Crippen MR) is 64.9 cm³/mol. The number of carbonyl (C=O) groups is 1. The third-order valence-corrected chi connectivity index (χ3v) is 2.55. The van der Waals surface area contributed by atoms with Crippen LogP contribution >= 0.6 is 0 Å². The summed E-state index contributed by atoms with van der Waals surface area (Å²) in [4.78, 5) is 12.6. The Balaban J connectivity index is 2.52. The Labute approximate surface area is 100 Å². The minimum Gasteiger partial charge on any atom is -0.351 e. The van der Waals surface area contributed by atoms with Gasteiger partial charge in [-0.25, -0.2) is 9.18 Å². The average Bonchev–Trinajstić information content (AvgIpc) is 2.31. The van der Waals surface area contributed by atoms with E-state index in [9.17, 15) is 9.18 Å². The number of rotatable bonds is 6. The molecule has 4 nitrogen and oxygen atoms in total. The van der Waals surface area contributed by atoms with Crippen molar-refractivity contribution in [3.05, 3.63) is 35.6 Å². The summed E-state index contributed by atoms with van der Waals surface area (Å²) in [6.07, 6.45) is 1.15. The number of carbonyl (C=O) groups excluding carboxylic acids is 1. The quantitative estimate of drug-likeness (QED) is 0.780. The number of nitrogens with zero attached hydrogens (tertiary/aromatic N) is 1. The van der Waals surface area contributed by atoms with E-state index in [2.05, 4.69) is 0 Å². The zero-order chi connectivity index (χ0) is 12.7. The average molecular weight is 239 g/mol. The van der Waals surface area contributed by atoms with Gasteiger partial charge in [-0.15, -0.1) is 0 Å². The lowest BCUT2D eigenvalue weighted by molar-refractivity contribution is 0.207. The summed E-state index contributed by atoms with van der Waals surface area (Å²) in [7, 11) is 0. The van der Waals surface area contributed by atoms with Gasteiger partial charge in [0.25, 0.3) is 0 Å². The fraction of sp³-hybridized carbons (Fsp3) is 0.417. The van der Waals surface area contributed by atoms with Crippen molar-refractivity contribution in [3.63, 3.8) is 0 Å². The van der Waals surface area contributed by atoms with E-state index in [1.807, 2.05) is 0 Å². The second kappa shape index (κ2) is 6.85. The van der Waals surface area contributed by atoms with Crippen molar-refractivity contribution in [2.24, 2.45) is 11.5 Å². The molecule has 1 aromatic carbocycles. The molecule has 0 unspecified atom stereocenters. The molecule has 0 aliphatic heterocycles. The standard InChI is InChI=1S/C12H18FN3O/c13-11-5-2-1-4-10(11)6-9-16(12(15)17)8-3-7-14/h1-2,4-5H,3,6-9,14H2,(H2,15,17). The summed E-state index contributed by atoms with van der Waals surface area (Å²) in [5.74, 6) is -0.254. The normalized spacial score (nSPS) is 10.2. The van der Waals surface area contributed by atoms with Crippen molar-refractivity contribution >= 4 is 6.03 Å². The molecular weight excluding hydrogens is 221 g/mol. The number of amides is 2. The number of primary amides is 1. The summed E-state index contributed by atoms with van der Waals surface area (Å²) in [5, 5.41) is 0. The van der Waals surface area contributed by atoms with E-state index < -0.39 is 6.03 Å². The van der Waals surface area contributed by atoms with Crippen LogP contribution in [0.5, 0.6) is 0 Å². The fourth-order valence-corrected chi connectivity index (χ4v) is 1.57. The van der Waals surface area contributed by atoms with Crippen LogP contribution in [-0.4, -0.2) is 30.6 Å². The highest BCUT2D eigenvalue weighted by molar-refractivity contribution is 5.71. The first-order valence-corrected chi connectivity index (χ1v) is 5.63. The number of hydrogen-bond donors (Lipinski definition) is 2. The Morgan fingerprint density at radius 1 is 1.29 bits per heavy atom. The van der Waals surface area contributed by atoms with Crippen molar-refractivity contribution in [2.45, 2.75) is 12.8 Å². The van der Waals surface area contributed by atoms with Crippen LogP contribution in [0.2, 0.25) is 0 Å². The van der Waals surface area contributed by atoms with E-state index in [1.165, 1.54) is 11.0 Å². The summed E-state index contributed by atoms with van der Waals surface area (Å²) < 4.78 is 13.3. The van der Waals surface area contributed by atoms with Gasteiger partial charge in [0.2, 0.25) is 0 Å². The van der Waals surface area contributed by atoms with Crippen LogP contribution in [0, 0.1) is 5.82 Å². The highest BCUT2D eigenvalue weighted by atomic mass is 19.1. The maximum Gasteiger partial charge on any atom is 0.314 e. The smallest absolute Gasteiger partial charge is 0.314 e. The molecule has 0 aliphatic carbocycles. The second-order valence-corrected chi connectivity index (χ2v) is 3.81. The zero-order valence-electron chi connectivity index (χ0n) is 9.73. The molecule has 94 valence electrons. The highest BCUT2D eigenvalue weighted by Crippen LogP contribution is 2.07. The number of nitrogens with two attached hydrogens (primary N) is 2. The minimum absolute atomic E-state index is 0.254. The molecule has 0 saturated carbocycles. The van der Waals surface area contributed by atoms with Gasteiger partial charge in [-0.05, 0) is 31.0 Å². The Kier molecular flexibility index (Phi) is 5.42. The molecule has 0 spiro atoms. The first-order valence-electron chi connectivity index (χ1n) is 5.63. The molecule has 1 rings (SSSR count). The molecule has 1 aromatic rings. The second-order valence-electron chi connectivity index (χ2n) is 3.81. The molecular formula is C12H18FN3O. The molecule has 0 fully saturated rings. The van der Waals surface area contributed by atoms with E-state index in [4.69, 9.17) is 11.5 Å². The van der Waals surface area contributed by atoms with Gasteiger partial charge in [-0.2, -0.15) is 0 Å². The van der Waals surface area contributed by atoms with Gasteiger partial charge < -0.3 is 16.4 Å². The summed E-state index contributed by atoms with van der Waals surface area (Å²) in [5.41, 5.74) is 11.2. The lowest BCUT2D eigenvalue weighted by Crippen LogP contribution is -2.38. The van der Waals surface area contributed by atoms with Gasteiger partial charge in [-0.1, -0.05) is 18.2 Å². The van der Waals surface area contributed by atoms with Crippen LogP contribution in [-0.2, 0) is 6.42 Å². The van der Waals surface area contributed by atoms with E-state index in [0.717, 1.165) is 0 Å². The molecule has 0 aromatic heterocycles. The first-order chi connectivity index (χ1) is 8.15. The lowest BCUT2D eigenvalue weighted by atomic mass is 10.1. The number of halogens is 1. The Bertz CT molecular complexity index is 371. The van der Waals surface area contributed by atoms with Gasteiger partial charge in [0.1, 0.15) is 5.82 Å². The Hall–Kier alpha value is -1.62. The predicted octanol–water partition coefficient (Wildman–Crippen LogP) is 1.10. The minimum atomic E-state index is -0.491. The molecule has 4 N–H and O–H groups in total. The van der Waals surface area contributed by atoms with Crippen molar-refractivity contribution < 1.29 is 9.18 Å².